The van der Waals surface area contributed by atoms with E-state index in [1.54, 1.807) is 0 Å². The average molecular weight is 264 g/mol. The number of hydrogen-bond acceptors (Lipinski definition) is 0. The Hall–Kier alpha value is 0.219. The Morgan fingerprint density at radius 3 is 2.00 bits per heavy atom. The van der Waals surface area contributed by atoms with Crippen molar-refractivity contribution in [3.63, 3.8) is 0 Å². The monoisotopic (exact) mass is 264 g/mol. The third-order valence-corrected chi connectivity index (χ3v) is 4.84. The number of rotatable bonds is 1. The van der Waals surface area contributed by atoms with E-state index in [1.165, 1.54) is 15.6 Å². The number of benzene rings is 1. The molecule has 0 aromatic heterocycles. The van der Waals surface area contributed by atoms with Crippen LogP contribution in [0.25, 0.3) is 0 Å². The van der Waals surface area contributed by atoms with Gasteiger partial charge >= 0.3 is 74.9 Å². The number of hydrogen-bond donors (Lipinski definition) is 0. The van der Waals surface area contributed by atoms with Crippen molar-refractivity contribution in [2.75, 3.05) is 0 Å². The van der Waals surface area contributed by atoms with Crippen molar-refractivity contribution in [3.05, 3.63) is 29.3 Å². The Bertz CT molecular complexity index is 212. The van der Waals surface area contributed by atoms with Crippen LogP contribution in [0.15, 0.2) is 18.2 Å². The van der Waals surface area contributed by atoms with Crippen molar-refractivity contribution in [1.82, 2.24) is 0 Å². The van der Waals surface area contributed by atoms with Crippen LogP contribution in [-0.4, -0.2) is 13.1 Å². The van der Waals surface area contributed by atoms with Gasteiger partial charge < -0.3 is 0 Å². The van der Waals surface area contributed by atoms with Crippen LogP contribution in [0.4, 0.5) is 0 Å². The van der Waals surface area contributed by atoms with Gasteiger partial charge in [-0.1, -0.05) is 0 Å². The summed E-state index contributed by atoms with van der Waals surface area (Å²) in [5.74, 6) is 0. The first-order chi connectivity index (χ1) is 4.75. The molecule has 2 heteroatoms. The van der Waals surface area contributed by atoms with E-state index in [4.69, 9.17) is 0 Å². The van der Waals surface area contributed by atoms with E-state index in [0.717, 1.165) is 0 Å². The van der Waals surface area contributed by atoms with E-state index in [0.29, 0.717) is 13.1 Å². The SMILES string of the molecule is Cc1cccc(C)c1[Se]Br. The molecule has 0 aliphatic carbocycles. The van der Waals surface area contributed by atoms with Crippen LogP contribution < -0.4 is 4.46 Å². The molecule has 0 spiro atoms. The van der Waals surface area contributed by atoms with Crippen LogP contribution in [0, 0.1) is 13.8 Å². The van der Waals surface area contributed by atoms with Crippen molar-refractivity contribution in [2.24, 2.45) is 0 Å². The summed E-state index contributed by atoms with van der Waals surface area (Å²) in [5, 5.41) is 0. The molecule has 10 heavy (non-hydrogen) atoms. The van der Waals surface area contributed by atoms with E-state index in [9.17, 15) is 0 Å². The molecule has 0 heterocycles. The predicted octanol–water partition coefficient (Wildman–Crippen LogP) is 1.94. The molecule has 0 unspecified atom stereocenters. The van der Waals surface area contributed by atoms with E-state index in [2.05, 4.69) is 46.2 Å². The second-order valence-corrected chi connectivity index (χ2v) is 5.16. The van der Waals surface area contributed by atoms with Crippen LogP contribution in [0.5, 0.6) is 0 Å². The Kier molecular flexibility index (Phi) is 2.96. The first kappa shape index (κ1) is 8.32. The van der Waals surface area contributed by atoms with Crippen LogP contribution in [-0.2, 0) is 0 Å². The Morgan fingerprint density at radius 2 is 1.70 bits per heavy atom. The van der Waals surface area contributed by atoms with Gasteiger partial charge in [-0.3, -0.25) is 0 Å². The summed E-state index contributed by atoms with van der Waals surface area (Å²) in [4.78, 5) is 0. The fourth-order valence-electron chi connectivity index (χ4n) is 0.921. The molecule has 0 radical (unpaired) electrons. The third-order valence-electron chi connectivity index (χ3n) is 1.49. The summed E-state index contributed by atoms with van der Waals surface area (Å²) in [7, 11) is 0. The summed E-state index contributed by atoms with van der Waals surface area (Å²) < 4.78 is 1.48. The second kappa shape index (κ2) is 3.56. The van der Waals surface area contributed by atoms with Gasteiger partial charge in [-0.05, 0) is 0 Å². The average Bonchev–Trinajstić information content (AvgIpc) is 1.88. The molecule has 0 N–H and O–H groups in total. The second-order valence-electron chi connectivity index (χ2n) is 2.30. The van der Waals surface area contributed by atoms with Crippen LogP contribution in [0.3, 0.4) is 0 Å². The first-order valence-corrected chi connectivity index (χ1v) is 7.97. The van der Waals surface area contributed by atoms with E-state index >= 15 is 0 Å². The number of halogens is 1. The van der Waals surface area contributed by atoms with Gasteiger partial charge in [0.25, 0.3) is 0 Å². The minimum absolute atomic E-state index is 0.461. The Balaban J connectivity index is 3.17. The van der Waals surface area contributed by atoms with Crippen molar-refractivity contribution < 1.29 is 0 Å². The van der Waals surface area contributed by atoms with Gasteiger partial charge in [-0.2, -0.15) is 0 Å². The topological polar surface area (TPSA) is 0 Å². The maximum atomic E-state index is 3.52. The molecule has 0 amide bonds. The van der Waals surface area contributed by atoms with Crippen LogP contribution in [0.1, 0.15) is 11.1 Å². The van der Waals surface area contributed by atoms with Crippen molar-refractivity contribution >= 4 is 31.7 Å². The van der Waals surface area contributed by atoms with E-state index in [-0.39, 0.29) is 0 Å². The van der Waals surface area contributed by atoms with Gasteiger partial charge in [0.1, 0.15) is 0 Å². The fourth-order valence-corrected chi connectivity index (χ4v) is 4.37. The van der Waals surface area contributed by atoms with E-state index < -0.39 is 0 Å². The molecule has 1 aromatic rings. The summed E-state index contributed by atoms with van der Waals surface area (Å²) in [6.45, 7) is 4.32. The van der Waals surface area contributed by atoms with Gasteiger partial charge in [0.2, 0.25) is 0 Å². The third kappa shape index (κ3) is 1.63. The van der Waals surface area contributed by atoms with Crippen molar-refractivity contribution in [3.8, 4) is 0 Å². The summed E-state index contributed by atoms with van der Waals surface area (Å²) in [6, 6.07) is 6.42. The van der Waals surface area contributed by atoms with Gasteiger partial charge in [0, 0.05) is 0 Å². The molecular weight excluding hydrogens is 255 g/mol. The summed E-state index contributed by atoms with van der Waals surface area (Å²) >= 11 is 3.98. The van der Waals surface area contributed by atoms with Gasteiger partial charge in [-0.25, -0.2) is 0 Å². The van der Waals surface area contributed by atoms with Gasteiger partial charge in [-0.15, -0.1) is 0 Å². The zero-order valence-electron chi connectivity index (χ0n) is 6.02. The normalized spacial score (nSPS) is 9.90. The zero-order chi connectivity index (χ0) is 7.56. The van der Waals surface area contributed by atoms with Crippen molar-refractivity contribution in [2.45, 2.75) is 13.8 Å². The first-order valence-electron chi connectivity index (χ1n) is 3.10. The quantitative estimate of drug-likeness (QED) is 0.680. The summed E-state index contributed by atoms with van der Waals surface area (Å²) in [5.41, 5.74) is 2.80. The molecule has 0 nitrogen and oxygen atoms in total. The van der Waals surface area contributed by atoms with Crippen LogP contribution in [0.2, 0.25) is 0 Å². The molecule has 0 atom stereocenters. The standard InChI is InChI=1S/C8H9BrSe/c1-6-4-3-5-7(2)8(6)10-9/h3-5H,1-2H3. The molecule has 0 fully saturated rings. The number of aryl methyl sites for hydroxylation is 2. The molecule has 1 aromatic carbocycles. The zero-order valence-corrected chi connectivity index (χ0v) is 9.32. The minimum atomic E-state index is 0.461. The molecule has 0 aliphatic heterocycles. The summed E-state index contributed by atoms with van der Waals surface area (Å²) in [6.07, 6.45) is 0. The maximum absolute atomic E-state index is 3.52. The Labute approximate surface area is 74.9 Å². The van der Waals surface area contributed by atoms with Crippen molar-refractivity contribution in [1.29, 1.82) is 0 Å². The molecule has 0 bridgehead atoms. The van der Waals surface area contributed by atoms with Crippen LogP contribution >= 0.6 is 14.1 Å². The molecular formula is C8H9BrSe. The molecule has 1 rings (SSSR count). The predicted molar refractivity (Wildman–Crippen MR) is 50.2 cm³/mol. The molecule has 0 aliphatic rings. The van der Waals surface area contributed by atoms with Gasteiger partial charge in [0.05, 0.1) is 0 Å². The molecule has 0 saturated heterocycles. The molecule has 54 valence electrons. The Morgan fingerprint density at radius 1 is 1.20 bits per heavy atom. The van der Waals surface area contributed by atoms with E-state index in [1.807, 2.05) is 0 Å². The molecule has 0 saturated carbocycles. The van der Waals surface area contributed by atoms with Gasteiger partial charge in [0.15, 0.2) is 0 Å². The fraction of sp³-hybridized carbons (Fsp3) is 0.250.